The lowest BCUT2D eigenvalue weighted by Gasteiger charge is -2.20. The number of nitrogens with zero attached hydrogens (tertiary/aromatic N) is 1. The van der Waals surface area contributed by atoms with Crippen LogP contribution in [-0.4, -0.2) is 19.6 Å². The Morgan fingerprint density at radius 1 is 1.42 bits per heavy atom. The second-order valence-corrected chi connectivity index (χ2v) is 5.07. The second-order valence-electron chi connectivity index (χ2n) is 5.07. The average Bonchev–Trinajstić information content (AvgIpc) is 2.44. The maximum absolute atomic E-state index is 11.8. The Hall–Kier alpha value is -1.86. The summed E-state index contributed by atoms with van der Waals surface area (Å²) < 4.78 is 4.81. The summed E-state index contributed by atoms with van der Waals surface area (Å²) >= 11 is 0. The van der Waals surface area contributed by atoms with Crippen LogP contribution >= 0.6 is 0 Å². The predicted octanol–water partition coefficient (Wildman–Crippen LogP) is 2.43. The Kier molecular flexibility index (Phi) is 5.53. The van der Waals surface area contributed by atoms with E-state index in [0.29, 0.717) is 13.0 Å². The maximum atomic E-state index is 11.8. The van der Waals surface area contributed by atoms with E-state index in [4.69, 9.17) is 10.00 Å². The summed E-state index contributed by atoms with van der Waals surface area (Å²) in [6.45, 7) is 4.34. The van der Waals surface area contributed by atoms with Gasteiger partial charge >= 0.3 is 5.97 Å². The fraction of sp³-hybridized carbons (Fsp3) is 0.467. The van der Waals surface area contributed by atoms with Crippen molar-refractivity contribution in [2.75, 3.05) is 13.7 Å². The Balaban J connectivity index is 2.68. The highest BCUT2D eigenvalue weighted by atomic mass is 16.5. The van der Waals surface area contributed by atoms with E-state index in [9.17, 15) is 4.79 Å². The molecule has 4 nitrogen and oxygen atoms in total. The third kappa shape index (κ3) is 4.72. The predicted molar refractivity (Wildman–Crippen MR) is 73.2 cm³/mol. The van der Waals surface area contributed by atoms with Crippen LogP contribution in [0.1, 0.15) is 31.9 Å². The topological polar surface area (TPSA) is 62.1 Å². The van der Waals surface area contributed by atoms with Crippen molar-refractivity contribution in [3.8, 4) is 6.07 Å². The monoisotopic (exact) mass is 260 g/mol. The van der Waals surface area contributed by atoms with Crippen molar-refractivity contribution >= 4 is 5.97 Å². The van der Waals surface area contributed by atoms with Gasteiger partial charge in [0.05, 0.1) is 18.6 Å². The van der Waals surface area contributed by atoms with Gasteiger partial charge in [-0.15, -0.1) is 0 Å². The van der Waals surface area contributed by atoms with Crippen molar-refractivity contribution in [2.24, 2.45) is 5.41 Å². The average molecular weight is 260 g/mol. The lowest BCUT2D eigenvalue weighted by atomic mass is 9.91. The van der Waals surface area contributed by atoms with E-state index in [1.165, 1.54) is 7.11 Å². The van der Waals surface area contributed by atoms with Crippen LogP contribution < -0.4 is 5.32 Å². The van der Waals surface area contributed by atoms with E-state index in [2.05, 4.69) is 11.4 Å². The van der Waals surface area contributed by atoms with E-state index in [1.54, 1.807) is 0 Å². The Morgan fingerprint density at radius 3 is 2.58 bits per heavy atom. The Morgan fingerprint density at radius 2 is 2.05 bits per heavy atom. The molecule has 1 aromatic rings. The van der Waals surface area contributed by atoms with Crippen molar-refractivity contribution in [2.45, 2.75) is 26.3 Å². The molecule has 0 aromatic heterocycles. The number of carbonyl (C=O) groups excluding carboxylic acids is 1. The molecule has 102 valence electrons. The van der Waals surface area contributed by atoms with Gasteiger partial charge in [-0.05, 0) is 32.4 Å². The number of rotatable bonds is 6. The number of methoxy groups -OCH3 is 1. The molecule has 0 fully saturated rings. The number of benzene rings is 1. The molecule has 1 unspecified atom stereocenters. The molecule has 0 spiro atoms. The third-order valence-electron chi connectivity index (χ3n) is 2.97. The summed E-state index contributed by atoms with van der Waals surface area (Å²) in [6.07, 6.45) is 0.670. The molecule has 1 aromatic carbocycles. The van der Waals surface area contributed by atoms with Gasteiger partial charge in [-0.25, -0.2) is 4.79 Å². The minimum absolute atomic E-state index is 0.319. The van der Waals surface area contributed by atoms with Crippen LogP contribution in [0.25, 0.3) is 0 Å². The first kappa shape index (κ1) is 15.2. The Bertz CT molecular complexity index is 449. The van der Waals surface area contributed by atoms with Gasteiger partial charge in [0.1, 0.15) is 6.04 Å². The zero-order valence-electron chi connectivity index (χ0n) is 11.6. The number of nitrogens with one attached hydrogen (secondary N) is 1. The quantitative estimate of drug-likeness (QED) is 0.798. The van der Waals surface area contributed by atoms with Gasteiger partial charge < -0.3 is 10.1 Å². The number of esters is 1. The fourth-order valence-electron chi connectivity index (χ4n) is 1.69. The molecule has 0 aliphatic carbocycles. The van der Waals surface area contributed by atoms with Crippen LogP contribution in [0.15, 0.2) is 30.3 Å². The molecule has 0 amide bonds. The standard InChI is InChI=1S/C15H20N2O2/c1-15(2,11-16)9-10-17-13(14(18)19-3)12-7-5-4-6-8-12/h4-8,13,17H,9-10H2,1-3H3. The van der Waals surface area contributed by atoms with Gasteiger partial charge in [-0.2, -0.15) is 5.26 Å². The van der Waals surface area contributed by atoms with Crippen molar-refractivity contribution < 1.29 is 9.53 Å². The largest absolute Gasteiger partial charge is 0.468 e. The number of hydrogen-bond donors (Lipinski definition) is 1. The van der Waals surface area contributed by atoms with E-state index in [1.807, 2.05) is 44.2 Å². The summed E-state index contributed by atoms with van der Waals surface area (Å²) in [5.74, 6) is -0.319. The third-order valence-corrected chi connectivity index (χ3v) is 2.97. The van der Waals surface area contributed by atoms with Crippen LogP contribution in [0.4, 0.5) is 0 Å². The molecular weight excluding hydrogens is 240 g/mol. The van der Waals surface area contributed by atoms with Gasteiger partial charge in [0.25, 0.3) is 0 Å². The summed E-state index contributed by atoms with van der Waals surface area (Å²) in [4.78, 5) is 11.8. The zero-order chi connectivity index (χ0) is 14.3. The molecule has 0 aliphatic rings. The minimum Gasteiger partial charge on any atom is -0.468 e. The molecule has 0 radical (unpaired) electrons. The molecular formula is C15H20N2O2. The van der Waals surface area contributed by atoms with E-state index in [-0.39, 0.29) is 5.97 Å². The highest BCUT2D eigenvalue weighted by Crippen LogP contribution is 2.19. The van der Waals surface area contributed by atoms with Gasteiger partial charge in [-0.3, -0.25) is 0 Å². The van der Waals surface area contributed by atoms with Crippen LogP contribution in [0, 0.1) is 16.7 Å². The SMILES string of the molecule is COC(=O)C(NCCC(C)(C)C#N)c1ccccc1. The first-order valence-corrected chi connectivity index (χ1v) is 6.27. The number of ether oxygens (including phenoxy) is 1. The molecule has 1 N–H and O–H groups in total. The molecule has 0 aliphatic heterocycles. The summed E-state index contributed by atoms with van der Waals surface area (Å²) in [6, 6.07) is 11.2. The Labute approximate surface area is 114 Å². The van der Waals surface area contributed by atoms with Crippen molar-refractivity contribution in [3.63, 3.8) is 0 Å². The normalized spacial score (nSPS) is 12.5. The molecule has 0 bridgehead atoms. The molecule has 19 heavy (non-hydrogen) atoms. The lowest BCUT2D eigenvalue weighted by Crippen LogP contribution is -2.32. The zero-order valence-corrected chi connectivity index (χ0v) is 11.6. The molecule has 4 heteroatoms. The van der Waals surface area contributed by atoms with Gasteiger partial charge in [0.15, 0.2) is 0 Å². The highest BCUT2D eigenvalue weighted by molar-refractivity contribution is 5.77. The number of nitriles is 1. The summed E-state index contributed by atoms with van der Waals surface area (Å²) in [5, 5.41) is 12.1. The molecule has 0 heterocycles. The molecule has 0 saturated carbocycles. The summed E-state index contributed by atoms with van der Waals surface area (Å²) in [7, 11) is 1.37. The number of carbonyl (C=O) groups is 1. The number of hydrogen-bond acceptors (Lipinski definition) is 4. The molecule has 0 saturated heterocycles. The summed E-state index contributed by atoms with van der Waals surface area (Å²) in [5.41, 5.74) is 0.466. The van der Waals surface area contributed by atoms with Crippen LogP contribution in [0.3, 0.4) is 0 Å². The van der Waals surface area contributed by atoms with Gasteiger partial charge in [0, 0.05) is 0 Å². The van der Waals surface area contributed by atoms with E-state index in [0.717, 1.165) is 5.56 Å². The maximum Gasteiger partial charge on any atom is 0.327 e. The van der Waals surface area contributed by atoms with Gasteiger partial charge in [-0.1, -0.05) is 30.3 Å². The first-order valence-electron chi connectivity index (χ1n) is 6.27. The van der Waals surface area contributed by atoms with Gasteiger partial charge in [0.2, 0.25) is 0 Å². The minimum atomic E-state index is -0.485. The second kappa shape index (κ2) is 6.91. The molecule has 1 rings (SSSR count). The van der Waals surface area contributed by atoms with Crippen molar-refractivity contribution in [1.82, 2.24) is 5.32 Å². The van der Waals surface area contributed by atoms with Crippen LogP contribution in [0.5, 0.6) is 0 Å². The smallest absolute Gasteiger partial charge is 0.327 e. The fourth-order valence-corrected chi connectivity index (χ4v) is 1.69. The van der Waals surface area contributed by atoms with Crippen molar-refractivity contribution in [1.29, 1.82) is 5.26 Å². The van der Waals surface area contributed by atoms with Crippen LogP contribution in [0.2, 0.25) is 0 Å². The van der Waals surface area contributed by atoms with E-state index >= 15 is 0 Å². The lowest BCUT2D eigenvalue weighted by molar-refractivity contribution is -0.143. The highest BCUT2D eigenvalue weighted by Gasteiger charge is 2.22. The molecule has 1 atom stereocenters. The van der Waals surface area contributed by atoms with E-state index < -0.39 is 11.5 Å². The van der Waals surface area contributed by atoms with Crippen LogP contribution in [-0.2, 0) is 9.53 Å². The van der Waals surface area contributed by atoms with Crippen molar-refractivity contribution in [3.05, 3.63) is 35.9 Å². The first-order chi connectivity index (χ1) is 9.00.